The molecule has 1 aromatic carbocycles. The molecule has 3 aromatic heterocycles. The summed E-state index contributed by atoms with van der Waals surface area (Å²) in [4.78, 5) is 30.3. The second-order valence-corrected chi connectivity index (χ2v) is 10.9. The van der Waals surface area contributed by atoms with Crippen LogP contribution in [0.4, 0.5) is 11.6 Å². The van der Waals surface area contributed by atoms with Gasteiger partial charge in [0.25, 0.3) is 0 Å². The molecule has 2 N–H and O–H groups in total. The molecule has 0 saturated heterocycles. The average molecular weight is 514 g/mol. The van der Waals surface area contributed by atoms with E-state index in [0.29, 0.717) is 17.6 Å². The molecule has 3 heterocycles. The van der Waals surface area contributed by atoms with Gasteiger partial charge in [0.15, 0.2) is 5.82 Å². The van der Waals surface area contributed by atoms with Crippen molar-refractivity contribution < 1.29 is 9.32 Å². The molecule has 38 heavy (non-hydrogen) atoms. The highest BCUT2D eigenvalue weighted by molar-refractivity contribution is 5.89. The summed E-state index contributed by atoms with van der Waals surface area (Å²) in [5.41, 5.74) is 5.84. The van der Waals surface area contributed by atoms with Gasteiger partial charge < -0.3 is 15.2 Å². The Balaban J connectivity index is 1.48. The first kappa shape index (κ1) is 26.9. The van der Waals surface area contributed by atoms with Gasteiger partial charge in [-0.25, -0.2) is 15.0 Å². The monoisotopic (exact) mass is 513 g/mol. The topological polar surface area (TPSA) is 119 Å². The Morgan fingerprint density at radius 1 is 0.921 bits per heavy atom. The zero-order chi connectivity index (χ0) is 27.6. The summed E-state index contributed by atoms with van der Waals surface area (Å²) < 4.78 is 5.18. The highest BCUT2D eigenvalue weighted by Gasteiger charge is 2.25. The molecule has 0 radical (unpaired) electrons. The molecule has 1 amide bonds. The Morgan fingerprint density at radius 2 is 1.63 bits per heavy atom. The summed E-state index contributed by atoms with van der Waals surface area (Å²) in [6, 6.07) is 9.70. The fourth-order valence-electron chi connectivity index (χ4n) is 4.23. The number of nitrogens with one attached hydrogen (secondary N) is 2. The fourth-order valence-corrected chi connectivity index (χ4v) is 4.23. The van der Waals surface area contributed by atoms with E-state index in [4.69, 9.17) is 4.52 Å². The van der Waals surface area contributed by atoms with Crippen LogP contribution in [0.15, 0.2) is 47.4 Å². The van der Waals surface area contributed by atoms with Crippen molar-refractivity contribution in [1.29, 1.82) is 0 Å². The quantitative estimate of drug-likeness (QED) is 0.300. The SMILES string of the molecule is Cc1cc(Nc2cc(-c3ccc([C@@H](C)NC(=O)c4nc(C(C)(C)C)no4)c(C)c3)ncn2)ncc1C(C)C. The predicted octanol–water partition coefficient (Wildman–Crippen LogP) is 6.19. The number of anilines is 2. The van der Waals surface area contributed by atoms with Gasteiger partial charge in [-0.05, 0) is 61.1 Å². The van der Waals surface area contributed by atoms with Crippen molar-refractivity contribution in [2.75, 3.05) is 5.32 Å². The summed E-state index contributed by atoms with van der Waals surface area (Å²) in [7, 11) is 0. The van der Waals surface area contributed by atoms with Crippen LogP contribution in [0.3, 0.4) is 0 Å². The minimum atomic E-state index is -0.402. The fraction of sp³-hybridized carbons (Fsp3) is 0.379. The van der Waals surface area contributed by atoms with Crippen LogP contribution in [0.25, 0.3) is 11.3 Å². The molecule has 0 aliphatic rings. The Kier molecular flexibility index (Phi) is 7.57. The van der Waals surface area contributed by atoms with Gasteiger partial charge in [0.1, 0.15) is 18.0 Å². The summed E-state index contributed by atoms with van der Waals surface area (Å²) in [5, 5.41) is 10.2. The maximum Gasteiger partial charge on any atom is 0.315 e. The number of amides is 1. The lowest BCUT2D eigenvalue weighted by Crippen LogP contribution is -2.27. The van der Waals surface area contributed by atoms with Crippen molar-refractivity contribution in [1.82, 2.24) is 30.4 Å². The average Bonchev–Trinajstić information content (AvgIpc) is 3.35. The van der Waals surface area contributed by atoms with Gasteiger partial charge >= 0.3 is 11.8 Å². The molecule has 9 nitrogen and oxygen atoms in total. The molecule has 0 spiro atoms. The highest BCUT2D eigenvalue weighted by atomic mass is 16.5. The van der Waals surface area contributed by atoms with Crippen LogP contribution in [-0.2, 0) is 5.41 Å². The number of nitrogens with zero attached hydrogens (tertiary/aromatic N) is 5. The van der Waals surface area contributed by atoms with E-state index >= 15 is 0 Å². The van der Waals surface area contributed by atoms with Crippen molar-refractivity contribution in [3.63, 3.8) is 0 Å². The standard InChI is InChI=1S/C29H35N7O2/c1-16(2)22-14-30-24(12-18(22)4)34-25-13-23(31-15-32-25)20-9-10-21(17(3)11-20)19(5)33-26(37)27-35-28(36-38-27)29(6,7)8/h9-16,19H,1-8H3,(H,33,37)(H,30,31,32,34)/t19-/m1/s1. The second-order valence-electron chi connectivity index (χ2n) is 10.9. The van der Waals surface area contributed by atoms with Gasteiger partial charge in [-0.3, -0.25) is 4.79 Å². The molecule has 4 rings (SSSR count). The number of hydrogen-bond acceptors (Lipinski definition) is 8. The Morgan fingerprint density at radius 3 is 2.26 bits per heavy atom. The third kappa shape index (κ3) is 6.04. The normalized spacial score (nSPS) is 12.4. The molecule has 198 valence electrons. The Hall–Kier alpha value is -4.14. The lowest BCUT2D eigenvalue weighted by atomic mass is 9.96. The molecule has 0 fully saturated rings. The highest BCUT2D eigenvalue weighted by Crippen LogP contribution is 2.27. The zero-order valence-corrected chi connectivity index (χ0v) is 23.2. The lowest BCUT2D eigenvalue weighted by molar-refractivity contribution is 0.0895. The number of aromatic nitrogens is 5. The first-order valence-electron chi connectivity index (χ1n) is 12.7. The minimum absolute atomic E-state index is 0.0411. The van der Waals surface area contributed by atoms with Gasteiger partial charge in [-0.2, -0.15) is 4.98 Å². The van der Waals surface area contributed by atoms with E-state index < -0.39 is 5.91 Å². The zero-order valence-electron chi connectivity index (χ0n) is 23.2. The van der Waals surface area contributed by atoms with E-state index in [-0.39, 0.29) is 17.3 Å². The predicted molar refractivity (Wildman–Crippen MR) is 147 cm³/mol. The largest absolute Gasteiger partial charge is 0.341 e. The van der Waals surface area contributed by atoms with Crippen molar-refractivity contribution in [3.05, 3.63) is 76.8 Å². The Labute approximate surface area is 223 Å². The summed E-state index contributed by atoms with van der Waals surface area (Å²) in [6.07, 6.45) is 3.45. The second kappa shape index (κ2) is 10.7. The van der Waals surface area contributed by atoms with Crippen LogP contribution >= 0.6 is 0 Å². The first-order valence-corrected chi connectivity index (χ1v) is 12.7. The van der Waals surface area contributed by atoms with Crippen LogP contribution in [-0.4, -0.2) is 31.0 Å². The molecule has 0 aliphatic heterocycles. The number of aryl methyl sites for hydroxylation is 2. The summed E-state index contributed by atoms with van der Waals surface area (Å²) in [5.74, 6) is 1.87. The summed E-state index contributed by atoms with van der Waals surface area (Å²) in [6.45, 7) is 16.2. The number of carbonyl (C=O) groups excluding carboxylic acids is 1. The number of pyridine rings is 1. The van der Waals surface area contributed by atoms with Crippen molar-refractivity contribution in [2.24, 2.45) is 0 Å². The van der Waals surface area contributed by atoms with Gasteiger partial charge in [-0.15, -0.1) is 0 Å². The van der Waals surface area contributed by atoms with E-state index in [2.05, 4.69) is 56.5 Å². The van der Waals surface area contributed by atoms with Crippen molar-refractivity contribution >= 4 is 17.5 Å². The van der Waals surface area contributed by atoms with Gasteiger partial charge in [0.05, 0.1) is 11.7 Å². The molecular weight excluding hydrogens is 478 g/mol. The number of rotatable bonds is 7. The molecule has 9 heteroatoms. The van der Waals surface area contributed by atoms with Gasteiger partial charge in [0.2, 0.25) is 0 Å². The van der Waals surface area contributed by atoms with E-state index in [1.807, 2.05) is 71.1 Å². The van der Waals surface area contributed by atoms with Crippen molar-refractivity contribution in [2.45, 2.75) is 72.8 Å². The van der Waals surface area contributed by atoms with E-state index in [9.17, 15) is 4.79 Å². The van der Waals surface area contributed by atoms with Crippen LogP contribution in [0.2, 0.25) is 0 Å². The van der Waals surface area contributed by atoms with Crippen molar-refractivity contribution in [3.8, 4) is 11.3 Å². The molecule has 1 atom stereocenters. The third-order valence-electron chi connectivity index (χ3n) is 6.37. The van der Waals surface area contributed by atoms with E-state index in [0.717, 1.165) is 28.2 Å². The van der Waals surface area contributed by atoms with Crippen LogP contribution < -0.4 is 10.6 Å². The number of carbonyl (C=O) groups is 1. The molecule has 0 saturated carbocycles. The van der Waals surface area contributed by atoms with E-state index in [1.165, 1.54) is 17.5 Å². The molecule has 4 aromatic rings. The third-order valence-corrected chi connectivity index (χ3v) is 6.37. The van der Waals surface area contributed by atoms with Gasteiger partial charge in [0, 0.05) is 23.2 Å². The molecule has 0 aliphatic carbocycles. The van der Waals surface area contributed by atoms with Crippen LogP contribution in [0.5, 0.6) is 0 Å². The maximum atomic E-state index is 12.7. The smallest absolute Gasteiger partial charge is 0.315 e. The summed E-state index contributed by atoms with van der Waals surface area (Å²) >= 11 is 0. The maximum absolute atomic E-state index is 12.7. The van der Waals surface area contributed by atoms with Crippen LogP contribution in [0.1, 0.15) is 92.3 Å². The minimum Gasteiger partial charge on any atom is -0.341 e. The molecular formula is C29H35N7O2. The molecule has 0 bridgehead atoms. The van der Waals surface area contributed by atoms with Crippen LogP contribution in [0, 0.1) is 13.8 Å². The first-order chi connectivity index (χ1) is 17.9. The van der Waals surface area contributed by atoms with E-state index in [1.54, 1.807) is 0 Å². The molecule has 0 unspecified atom stereocenters. The number of benzene rings is 1. The lowest BCUT2D eigenvalue weighted by Gasteiger charge is -2.17. The number of hydrogen-bond donors (Lipinski definition) is 2. The van der Waals surface area contributed by atoms with Gasteiger partial charge in [-0.1, -0.05) is 51.9 Å². The Bertz CT molecular complexity index is 1450.